The minimum absolute atomic E-state index is 0.0517. The highest BCUT2D eigenvalue weighted by Gasteiger charge is 2.25. The Morgan fingerprint density at radius 1 is 1.18 bits per heavy atom. The zero-order valence-electron chi connectivity index (χ0n) is 18.9. The van der Waals surface area contributed by atoms with Gasteiger partial charge in [-0.05, 0) is 47.5 Å². The van der Waals surface area contributed by atoms with Gasteiger partial charge in [0.2, 0.25) is 0 Å². The topological polar surface area (TPSA) is 78.9 Å². The van der Waals surface area contributed by atoms with Crippen molar-refractivity contribution in [3.8, 4) is 34.4 Å². The molecule has 0 bridgehead atoms. The van der Waals surface area contributed by atoms with Gasteiger partial charge in [-0.1, -0.05) is 12.1 Å². The lowest BCUT2D eigenvalue weighted by atomic mass is 10.0. The molecule has 2 aromatic heterocycles. The van der Waals surface area contributed by atoms with Crippen molar-refractivity contribution in [1.82, 2.24) is 24.3 Å². The van der Waals surface area contributed by atoms with Crippen LogP contribution in [-0.4, -0.2) is 51.6 Å². The van der Waals surface area contributed by atoms with Gasteiger partial charge in [0.05, 0.1) is 23.0 Å². The van der Waals surface area contributed by atoms with Crippen molar-refractivity contribution in [3.63, 3.8) is 0 Å². The third kappa shape index (κ3) is 3.40. The highest BCUT2D eigenvalue weighted by molar-refractivity contribution is 5.94. The summed E-state index contributed by atoms with van der Waals surface area (Å²) in [6, 6.07) is 17.9. The van der Waals surface area contributed by atoms with Gasteiger partial charge in [-0.25, -0.2) is 4.98 Å². The van der Waals surface area contributed by atoms with Crippen molar-refractivity contribution in [2.45, 2.75) is 6.54 Å². The molecule has 1 saturated heterocycles. The summed E-state index contributed by atoms with van der Waals surface area (Å²) < 4.78 is 4.28. The van der Waals surface area contributed by atoms with Crippen LogP contribution in [-0.2, 0) is 6.54 Å². The van der Waals surface area contributed by atoms with Crippen molar-refractivity contribution in [1.29, 1.82) is 5.26 Å². The summed E-state index contributed by atoms with van der Waals surface area (Å²) in [5, 5.41) is 12.4. The van der Waals surface area contributed by atoms with Gasteiger partial charge < -0.3 is 14.8 Å². The number of hydrogen-bond donors (Lipinski definition) is 1. The first-order valence-corrected chi connectivity index (χ1v) is 11.4. The van der Waals surface area contributed by atoms with Crippen molar-refractivity contribution in [2.24, 2.45) is 5.92 Å². The first kappa shape index (κ1) is 20.5. The smallest absolute Gasteiger partial charge is 0.253 e. The number of carbonyl (C=O) groups is 1. The van der Waals surface area contributed by atoms with Crippen molar-refractivity contribution >= 4 is 5.91 Å². The summed E-state index contributed by atoms with van der Waals surface area (Å²) in [6.45, 7) is 3.36. The van der Waals surface area contributed by atoms with E-state index in [9.17, 15) is 4.79 Å². The molecule has 2 aliphatic heterocycles. The van der Waals surface area contributed by atoms with Gasteiger partial charge in [0.25, 0.3) is 5.91 Å². The number of fused-ring (bicyclic) bond motifs is 5. The van der Waals surface area contributed by atoms with E-state index in [-0.39, 0.29) is 5.91 Å². The predicted octanol–water partition coefficient (Wildman–Crippen LogP) is 3.53. The Labute approximate surface area is 197 Å². The Bertz CT molecular complexity index is 1430. The molecule has 2 aliphatic rings. The van der Waals surface area contributed by atoms with E-state index in [0.717, 1.165) is 53.5 Å². The molecule has 0 unspecified atom stereocenters. The normalized spacial score (nSPS) is 14.2. The van der Waals surface area contributed by atoms with E-state index in [1.807, 2.05) is 66.8 Å². The molecule has 4 heterocycles. The van der Waals surface area contributed by atoms with Gasteiger partial charge >= 0.3 is 0 Å². The maximum atomic E-state index is 13.1. The molecule has 6 rings (SSSR count). The monoisotopic (exact) mass is 448 g/mol. The zero-order chi connectivity index (χ0) is 23.2. The second kappa shape index (κ2) is 8.01. The molecule has 2 aromatic carbocycles. The zero-order valence-corrected chi connectivity index (χ0v) is 18.9. The number of rotatable bonds is 4. The number of hydrogen-bond acceptors (Lipinski definition) is 4. The maximum Gasteiger partial charge on any atom is 0.253 e. The van der Waals surface area contributed by atoms with E-state index in [1.54, 1.807) is 0 Å². The molecular formula is C27H24N6O. The summed E-state index contributed by atoms with van der Waals surface area (Å²) >= 11 is 0. The lowest BCUT2D eigenvalue weighted by Gasteiger charge is -2.31. The molecule has 7 heteroatoms. The fraction of sp³-hybridized carbons (Fsp3) is 0.222. The van der Waals surface area contributed by atoms with E-state index in [1.165, 1.54) is 0 Å². The average Bonchev–Trinajstić information content (AvgIpc) is 3.46. The Hall–Kier alpha value is -4.15. The van der Waals surface area contributed by atoms with Gasteiger partial charge in [-0.3, -0.25) is 9.36 Å². The Morgan fingerprint density at radius 2 is 2.00 bits per heavy atom. The molecule has 7 nitrogen and oxygen atoms in total. The van der Waals surface area contributed by atoms with Crippen LogP contribution in [0.2, 0.25) is 0 Å². The minimum atomic E-state index is 0.0517. The molecule has 0 aliphatic carbocycles. The Kier molecular flexibility index (Phi) is 4.82. The van der Waals surface area contributed by atoms with Crippen molar-refractivity contribution in [2.75, 3.05) is 26.7 Å². The predicted molar refractivity (Wildman–Crippen MR) is 130 cm³/mol. The lowest BCUT2D eigenvalue weighted by molar-refractivity contribution is 0.0755. The van der Waals surface area contributed by atoms with Crippen LogP contribution < -0.4 is 5.32 Å². The lowest BCUT2D eigenvalue weighted by Crippen LogP contribution is -2.48. The van der Waals surface area contributed by atoms with Crippen LogP contribution in [0.4, 0.5) is 0 Å². The molecule has 1 amide bonds. The summed E-state index contributed by atoms with van der Waals surface area (Å²) in [4.78, 5) is 19.6. The molecule has 0 saturated carbocycles. The number of nitriles is 1. The molecule has 0 atom stereocenters. The average molecular weight is 449 g/mol. The standard InChI is InChI=1S/C27H24N6O/c1-31(15-19-13-29-14-19)27(34)21-6-7-24-23(10-21)17-32-16-22(20-4-2-18(12-28)3-5-20)11-25(32)26-30-8-9-33(24)26/h2-11,16,19,29H,13-15,17H2,1H3. The summed E-state index contributed by atoms with van der Waals surface area (Å²) in [5.74, 6) is 1.45. The number of imidazole rings is 1. The van der Waals surface area contributed by atoms with Crippen molar-refractivity contribution in [3.05, 3.63) is 83.8 Å². The first-order chi connectivity index (χ1) is 16.6. The molecule has 1 N–H and O–H groups in total. The quantitative estimate of drug-likeness (QED) is 0.456. The van der Waals surface area contributed by atoms with E-state index >= 15 is 0 Å². The van der Waals surface area contributed by atoms with Gasteiger partial charge in [-0.2, -0.15) is 5.26 Å². The second-order valence-electron chi connectivity index (χ2n) is 9.11. The van der Waals surface area contributed by atoms with E-state index in [0.29, 0.717) is 23.6 Å². The molecule has 1 fully saturated rings. The van der Waals surface area contributed by atoms with Gasteiger partial charge in [0.15, 0.2) is 5.82 Å². The van der Waals surface area contributed by atoms with Crippen LogP contribution in [0.1, 0.15) is 21.5 Å². The van der Waals surface area contributed by atoms with Crippen LogP contribution in [0.5, 0.6) is 0 Å². The molecule has 34 heavy (non-hydrogen) atoms. The highest BCUT2D eigenvalue weighted by atomic mass is 16.2. The number of nitrogens with one attached hydrogen (secondary N) is 1. The van der Waals surface area contributed by atoms with E-state index in [2.05, 4.69) is 37.8 Å². The highest BCUT2D eigenvalue weighted by Crippen LogP contribution is 2.34. The molecule has 0 spiro atoms. The fourth-order valence-corrected chi connectivity index (χ4v) is 4.84. The summed E-state index contributed by atoms with van der Waals surface area (Å²) in [5.41, 5.74) is 6.60. The molecular weight excluding hydrogens is 424 g/mol. The third-order valence-corrected chi connectivity index (χ3v) is 6.79. The molecule has 168 valence electrons. The summed E-state index contributed by atoms with van der Waals surface area (Å²) in [6.07, 6.45) is 5.90. The largest absolute Gasteiger partial charge is 0.341 e. The fourth-order valence-electron chi connectivity index (χ4n) is 4.84. The van der Waals surface area contributed by atoms with Gasteiger partial charge in [-0.15, -0.1) is 0 Å². The van der Waals surface area contributed by atoms with Crippen LogP contribution in [0, 0.1) is 17.2 Å². The van der Waals surface area contributed by atoms with Crippen molar-refractivity contribution < 1.29 is 4.79 Å². The maximum absolute atomic E-state index is 13.1. The minimum Gasteiger partial charge on any atom is -0.341 e. The van der Waals surface area contributed by atoms with Crippen LogP contribution >= 0.6 is 0 Å². The van der Waals surface area contributed by atoms with E-state index in [4.69, 9.17) is 5.26 Å². The SMILES string of the molecule is CN(CC1CNC1)C(=O)c1ccc2c(c1)Cn1cc(-c3ccc(C#N)cc3)cc1-c1nccn1-2. The van der Waals surface area contributed by atoms with Gasteiger partial charge in [0, 0.05) is 68.9 Å². The van der Waals surface area contributed by atoms with E-state index < -0.39 is 0 Å². The molecule has 0 radical (unpaired) electrons. The Balaban J connectivity index is 1.37. The second-order valence-corrected chi connectivity index (χ2v) is 9.11. The number of amides is 1. The van der Waals surface area contributed by atoms with Gasteiger partial charge in [0.1, 0.15) is 0 Å². The summed E-state index contributed by atoms with van der Waals surface area (Å²) in [7, 11) is 1.88. The number of nitrogens with zero attached hydrogens (tertiary/aromatic N) is 5. The Morgan fingerprint density at radius 3 is 2.74 bits per heavy atom. The van der Waals surface area contributed by atoms with Crippen LogP contribution in [0.25, 0.3) is 28.3 Å². The van der Waals surface area contributed by atoms with Crippen LogP contribution in [0.3, 0.4) is 0 Å². The number of carbonyl (C=O) groups excluding carboxylic acids is 1. The molecule has 4 aromatic rings. The first-order valence-electron chi connectivity index (χ1n) is 11.4. The number of benzene rings is 2. The number of aromatic nitrogens is 3. The van der Waals surface area contributed by atoms with Crippen LogP contribution in [0.15, 0.2) is 67.1 Å². The third-order valence-electron chi connectivity index (χ3n) is 6.79.